The Kier molecular flexibility index (Phi) is 6.42. The number of carbonyl (C=O) groups is 1. The van der Waals surface area contributed by atoms with E-state index in [9.17, 15) is 4.79 Å². The Hall–Kier alpha value is -2.44. The highest BCUT2D eigenvalue weighted by Crippen LogP contribution is 2.28. The summed E-state index contributed by atoms with van der Waals surface area (Å²) in [6, 6.07) is 16.1. The lowest BCUT2D eigenvalue weighted by molar-refractivity contribution is -0.122. The predicted octanol–water partition coefficient (Wildman–Crippen LogP) is 3.66. The number of rotatable bonds is 8. The topological polar surface area (TPSA) is 54.5 Å². The van der Waals surface area contributed by atoms with Crippen molar-refractivity contribution in [2.45, 2.75) is 19.4 Å². The standard InChI is InChI=1S/C21H25N3O2S/c1-15(21-23-17-9-5-7-11-19(17)27-21)24(2)14-20(25)22-13-12-16-8-4-6-10-18(16)26-3/h4-11,15H,12-14H2,1-3H3,(H,22,25)/t15-/m0/s1. The number of thiazole rings is 1. The van der Waals surface area contributed by atoms with Crippen molar-refractivity contribution in [3.8, 4) is 5.75 Å². The lowest BCUT2D eigenvalue weighted by Gasteiger charge is -2.22. The molecule has 0 aliphatic rings. The maximum Gasteiger partial charge on any atom is 0.234 e. The monoisotopic (exact) mass is 383 g/mol. The van der Waals surface area contributed by atoms with Crippen LogP contribution in [0.4, 0.5) is 0 Å². The third-order valence-electron chi connectivity index (χ3n) is 4.63. The maximum absolute atomic E-state index is 12.3. The Morgan fingerprint density at radius 2 is 1.96 bits per heavy atom. The lowest BCUT2D eigenvalue weighted by atomic mass is 10.1. The van der Waals surface area contributed by atoms with Crippen LogP contribution in [0.15, 0.2) is 48.5 Å². The molecule has 0 fully saturated rings. The second-order valence-corrected chi connectivity index (χ2v) is 7.58. The molecule has 0 unspecified atom stereocenters. The summed E-state index contributed by atoms with van der Waals surface area (Å²) in [6.45, 7) is 3.01. The molecule has 2 aromatic carbocycles. The largest absolute Gasteiger partial charge is 0.496 e. The van der Waals surface area contributed by atoms with Gasteiger partial charge in [0.15, 0.2) is 0 Å². The molecule has 1 amide bonds. The minimum atomic E-state index is 0.0142. The number of hydrogen-bond acceptors (Lipinski definition) is 5. The summed E-state index contributed by atoms with van der Waals surface area (Å²) >= 11 is 1.68. The van der Waals surface area contributed by atoms with Crippen molar-refractivity contribution < 1.29 is 9.53 Å². The zero-order valence-electron chi connectivity index (χ0n) is 15.9. The van der Waals surface area contributed by atoms with Gasteiger partial charge in [-0.05, 0) is 44.2 Å². The minimum absolute atomic E-state index is 0.0142. The first kappa shape index (κ1) is 19.3. The van der Waals surface area contributed by atoms with Crippen LogP contribution in [0.5, 0.6) is 5.75 Å². The van der Waals surface area contributed by atoms with Crippen LogP contribution < -0.4 is 10.1 Å². The summed E-state index contributed by atoms with van der Waals surface area (Å²) in [5.41, 5.74) is 2.11. The number of aromatic nitrogens is 1. The summed E-state index contributed by atoms with van der Waals surface area (Å²) in [5, 5.41) is 4.02. The number of hydrogen-bond donors (Lipinski definition) is 1. The smallest absolute Gasteiger partial charge is 0.234 e. The molecule has 3 rings (SSSR count). The molecule has 1 N–H and O–H groups in total. The van der Waals surface area contributed by atoms with E-state index < -0.39 is 0 Å². The SMILES string of the molecule is COc1ccccc1CCNC(=O)CN(C)[C@@H](C)c1nc2ccccc2s1. The van der Waals surface area contributed by atoms with Gasteiger partial charge < -0.3 is 10.1 Å². The molecule has 0 spiro atoms. The van der Waals surface area contributed by atoms with Crippen molar-refractivity contribution in [1.82, 2.24) is 15.2 Å². The number of methoxy groups -OCH3 is 1. The molecule has 0 saturated heterocycles. The van der Waals surface area contributed by atoms with Crippen LogP contribution in [0.1, 0.15) is 23.5 Å². The Morgan fingerprint density at radius 1 is 1.22 bits per heavy atom. The Balaban J connectivity index is 1.51. The first-order chi connectivity index (χ1) is 13.1. The lowest BCUT2D eigenvalue weighted by Crippen LogP contribution is -2.37. The molecule has 0 bridgehead atoms. The van der Waals surface area contributed by atoms with Crippen LogP contribution in [0.2, 0.25) is 0 Å². The van der Waals surface area contributed by atoms with Crippen molar-refractivity contribution >= 4 is 27.5 Å². The van der Waals surface area contributed by atoms with Crippen molar-refractivity contribution in [1.29, 1.82) is 0 Å². The highest BCUT2D eigenvalue weighted by Gasteiger charge is 2.18. The van der Waals surface area contributed by atoms with E-state index in [0.717, 1.165) is 28.3 Å². The predicted molar refractivity (Wildman–Crippen MR) is 110 cm³/mol. The van der Waals surface area contributed by atoms with E-state index in [2.05, 4.69) is 18.3 Å². The third kappa shape index (κ3) is 4.84. The Labute approximate surface area is 164 Å². The van der Waals surface area contributed by atoms with Crippen molar-refractivity contribution in [2.24, 2.45) is 0 Å². The molecule has 0 aliphatic heterocycles. The maximum atomic E-state index is 12.3. The van der Waals surface area contributed by atoms with Gasteiger partial charge in [-0.1, -0.05) is 30.3 Å². The number of benzene rings is 2. The molecule has 27 heavy (non-hydrogen) atoms. The first-order valence-corrected chi connectivity index (χ1v) is 9.84. The van der Waals surface area contributed by atoms with Gasteiger partial charge in [-0.25, -0.2) is 4.98 Å². The van der Waals surface area contributed by atoms with Gasteiger partial charge in [-0.2, -0.15) is 0 Å². The van der Waals surface area contributed by atoms with Gasteiger partial charge in [-0.3, -0.25) is 9.69 Å². The second kappa shape index (κ2) is 8.97. The first-order valence-electron chi connectivity index (χ1n) is 9.02. The summed E-state index contributed by atoms with van der Waals surface area (Å²) in [6.07, 6.45) is 0.743. The number of nitrogens with zero attached hydrogens (tertiary/aromatic N) is 2. The van der Waals surface area contributed by atoms with Gasteiger partial charge >= 0.3 is 0 Å². The highest BCUT2D eigenvalue weighted by atomic mass is 32.1. The van der Waals surface area contributed by atoms with Crippen LogP contribution in [0, 0.1) is 0 Å². The zero-order valence-corrected chi connectivity index (χ0v) is 16.8. The zero-order chi connectivity index (χ0) is 19.2. The Bertz CT molecular complexity index is 876. The molecular weight excluding hydrogens is 358 g/mol. The molecule has 5 nitrogen and oxygen atoms in total. The third-order valence-corrected chi connectivity index (χ3v) is 5.84. The molecule has 3 aromatic rings. The summed E-state index contributed by atoms with van der Waals surface area (Å²) in [7, 11) is 3.62. The van der Waals surface area contributed by atoms with Crippen LogP contribution in [-0.4, -0.2) is 43.0 Å². The normalized spacial score (nSPS) is 12.3. The van der Waals surface area contributed by atoms with Gasteiger partial charge in [0, 0.05) is 6.54 Å². The van der Waals surface area contributed by atoms with E-state index in [1.165, 1.54) is 4.70 Å². The van der Waals surface area contributed by atoms with Crippen molar-refractivity contribution in [3.05, 3.63) is 59.1 Å². The number of amides is 1. The number of ether oxygens (including phenoxy) is 1. The quantitative estimate of drug-likeness (QED) is 0.645. The van der Waals surface area contributed by atoms with E-state index in [-0.39, 0.29) is 11.9 Å². The second-order valence-electron chi connectivity index (χ2n) is 6.52. The van der Waals surface area contributed by atoms with Gasteiger partial charge in [-0.15, -0.1) is 11.3 Å². The van der Waals surface area contributed by atoms with Crippen LogP contribution in [0.3, 0.4) is 0 Å². The van der Waals surface area contributed by atoms with E-state index in [1.807, 2.05) is 54.4 Å². The van der Waals surface area contributed by atoms with E-state index in [4.69, 9.17) is 9.72 Å². The van der Waals surface area contributed by atoms with Crippen LogP contribution >= 0.6 is 11.3 Å². The van der Waals surface area contributed by atoms with Crippen LogP contribution in [0.25, 0.3) is 10.2 Å². The number of carbonyl (C=O) groups excluding carboxylic acids is 1. The van der Waals surface area contributed by atoms with Gasteiger partial charge in [0.2, 0.25) is 5.91 Å². The minimum Gasteiger partial charge on any atom is -0.496 e. The molecular formula is C21H25N3O2S. The molecule has 0 radical (unpaired) electrons. The highest BCUT2D eigenvalue weighted by molar-refractivity contribution is 7.18. The van der Waals surface area contributed by atoms with E-state index in [0.29, 0.717) is 13.1 Å². The number of fused-ring (bicyclic) bond motifs is 1. The van der Waals surface area contributed by atoms with Gasteiger partial charge in [0.05, 0.1) is 29.9 Å². The number of likely N-dealkylation sites (N-methyl/N-ethyl adjacent to an activating group) is 1. The summed E-state index contributed by atoms with van der Waals surface area (Å²) in [5.74, 6) is 0.869. The average Bonchev–Trinajstić information content (AvgIpc) is 3.11. The Morgan fingerprint density at radius 3 is 2.74 bits per heavy atom. The molecule has 1 heterocycles. The fourth-order valence-corrected chi connectivity index (χ4v) is 4.01. The average molecular weight is 384 g/mol. The van der Waals surface area contributed by atoms with E-state index in [1.54, 1.807) is 18.4 Å². The van der Waals surface area contributed by atoms with Crippen molar-refractivity contribution in [2.75, 3.05) is 27.2 Å². The van der Waals surface area contributed by atoms with Crippen molar-refractivity contribution in [3.63, 3.8) is 0 Å². The molecule has 1 aromatic heterocycles. The van der Waals surface area contributed by atoms with E-state index >= 15 is 0 Å². The molecule has 1 atom stereocenters. The number of para-hydroxylation sites is 2. The van der Waals surface area contributed by atoms with Crippen LogP contribution in [-0.2, 0) is 11.2 Å². The number of nitrogens with one attached hydrogen (secondary N) is 1. The van der Waals surface area contributed by atoms with Gasteiger partial charge in [0.1, 0.15) is 10.8 Å². The molecule has 0 saturated carbocycles. The molecule has 142 valence electrons. The summed E-state index contributed by atoms with van der Waals surface area (Å²) in [4.78, 5) is 19.0. The molecule has 0 aliphatic carbocycles. The summed E-state index contributed by atoms with van der Waals surface area (Å²) < 4.78 is 6.52. The molecule has 6 heteroatoms. The fraction of sp³-hybridized carbons (Fsp3) is 0.333. The van der Waals surface area contributed by atoms with Gasteiger partial charge in [0.25, 0.3) is 0 Å². The fourth-order valence-electron chi connectivity index (χ4n) is 2.92.